The average molecular weight is 321 g/mol. The summed E-state index contributed by atoms with van der Waals surface area (Å²) in [7, 11) is 2.08. The molecule has 6 heteroatoms. The Morgan fingerprint density at radius 1 is 1.26 bits per heavy atom. The van der Waals surface area contributed by atoms with Crippen molar-refractivity contribution in [3.05, 3.63) is 24.2 Å². The smallest absolute Gasteiger partial charge is 0.287 e. The molecule has 1 N–H and O–H groups in total. The molecule has 1 fully saturated rings. The maximum atomic E-state index is 12.9. The lowest BCUT2D eigenvalue weighted by molar-refractivity contribution is -0.138. The van der Waals surface area contributed by atoms with E-state index in [1.54, 1.807) is 12.1 Å². The zero-order valence-corrected chi connectivity index (χ0v) is 14.6. The zero-order chi connectivity index (χ0) is 17.1. The van der Waals surface area contributed by atoms with Crippen LogP contribution in [0.1, 0.15) is 38.2 Å². The molecule has 2 heterocycles. The number of rotatable bonds is 4. The van der Waals surface area contributed by atoms with E-state index < -0.39 is 6.04 Å². The summed E-state index contributed by atoms with van der Waals surface area (Å²) in [5.74, 6) is -0.140. The summed E-state index contributed by atoms with van der Waals surface area (Å²) in [4.78, 5) is 29.2. The first kappa shape index (κ1) is 17.5. The Balaban J connectivity index is 2.08. The maximum Gasteiger partial charge on any atom is 0.287 e. The fourth-order valence-electron chi connectivity index (χ4n) is 2.91. The number of piperazine rings is 1. The molecular formula is C17H27N3O3. The van der Waals surface area contributed by atoms with Crippen molar-refractivity contribution in [2.24, 2.45) is 5.92 Å². The number of carbonyl (C=O) groups is 2. The third kappa shape index (κ3) is 3.93. The zero-order valence-electron chi connectivity index (χ0n) is 14.6. The van der Waals surface area contributed by atoms with E-state index in [0.29, 0.717) is 25.2 Å². The standard InChI is InChI=1S/C17H27N3O3/c1-11(2)15(18-16(21)14-7-6-8-23-14)17(22)20-9-12(3)19(5)13(4)10-20/h6-8,11-13,15H,9-10H2,1-5H3,(H,18,21)/t12-,13-,15+/m1/s1. The average Bonchev–Trinajstić information content (AvgIpc) is 3.03. The molecular weight excluding hydrogens is 294 g/mol. The number of hydrogen-bond acceptors (Lipinski definition) is 4. The van der Waals surface area contributed by atoms with Crippen molar-refractivity contribution in [2.75, 3.05) is 20.1 Å². The van der Waals surface area contributed by atoms with Crippen molar-refractivity contribution < 1.29 is 14.0 Å². The number of amides is 2. The monoisotopic (exact) mass is 321 g/mol. The van der Waals surface area contributed by atoms with E-state index in [1.165, 1.54) is 6.26 Å². The second-order valence-electron chi connectivity index (χ2n) is 6.78. The molecule has 0 aromatic carbocycles. The predicted molar refractivity (Wildman–Crippen MR) is 88.1 cm³/mol. The summed E-state index contributed by atoms with van der Waals surface area (Å²) >= 11 is 0. The molecule has 1 aliphatic rings. The van der Waals surface area contributed by atoms with Gasteiger partial charge in [-0.1, -0.05) is 13.8 Å². The molecule has 0 bridgehead atoms. The van der Waals surface area contributed by atoms with Gasteiger partial charge in [-0.05, 0) is 38.9 Å². The molecule has 0 saturated carbocycles. The molecule has 128 valence electrons. The maximum absolute atomic E-state index is 12.9. The van der Waals surface area contributed by atoms with Crippen molar-refractivity contribution >= 4 is 11.8 Å². The van der Waals surface area contributed by atoms with E-state index >= 15 is 0 Å². The van der Waals surface area contributed by atoms with Gasteiger partial charge in [0.2, 0.25) is 5.91 Å². The van der Waals surface area contributed by atoms with Gasteiger partial charge in [-0.15, -0.1) is 0 Å². The van der Waals surface area contributed by atoms with Gasteiger partial charge in [0.15, 0.2) is 5.76 Å². The van der Waals surface area contributed by atoms with Crippen molar-refractivity contribution in [1.82, 2.24) is 15.1 Å². The van der Waals surface area contributed by atoms with Crippen LogP contribution >= 0.6 is 0 Å². The van der Waals surface area contributed by atoms with Gasteiger partial charge >= 0.3 is 0 Å². The third-order valence-electron chi connectivity index (χ3n) is 4.64. The Morgan fingerprint density at radius 3 is 2.35 bits per heavy atom. The summed E-state index contributed by atoms with van der Waals surface area (Å²) in [6.07, 6.45) is 1.45. The molecule has 1 saturated heterocycles. The lowest BCUT2D eigenvalue weighted by atomic mass is 10.0. The molecule has 0 spiro atoms. The summed E-state index contributed by atoms with van der Waals surface area (Å²) in [5, 5.41) is 2.82. The van der Waals surface area contributed by atoms with Gasteiger partial charge in [-0.3, -0.25) is 14.5 Å². The molecule has 23 heavy (non-hydrogen) atoms. The fraction of sp³-hybridized carbons (Fsp3) is 0.647. The van der Waals surface area contributed by atoms with Crippen LogP contribution in [0.3, 0.4) is 0 Å². The first-order valence-corrected chi connectivity index (χ1v) is 8.16. The van der Waals surface area contributed by atoms with E-state index in [-0.39, 0.29) is 23.5 Å². The van der Waals surface area contributed by atoms with Crippen LogP contribution in [-0.2, 0) is 4.79 Å². The Hall–Kier alpha value is -1.82. The predicted octanol–water partition coefficient (Wildman–Crippen LogP) is 1.58. The van der Waals surface area contributed by atoms with Crippen LogP contribution in [-0.4, -0.2) is 59.9 Å². The van der Waals surface area contributed by atoms with E-state index in [0.717, 1.165) is 0 Å². The van der Waals surface area contributed by atoms with E-state index in [4.69, 9.17) is 4.42 Å². The van der Waals surface area contributed by atoms with Gasteiger partial charge < -0.3 is 14.6 Å². The van der Waals surface area contributed by atoms with Crippen LogP contribution in [0.4, 0.5) is 0 Å². The third-order valence-corrected chi connectivity index (χ3v) is 4.64. The van der Waals surface area contributed by atoms with Crippen molar-refractivity contribution in [1.29, 1.82) is 0 Å². The molecule has 1 aromatic rings. The lowest BCUT2D eigenvalue weighted by Crippen LogP contribution is -2.60. The van der Waals surface area contributed by atoms with Gasteiger partial charge in [0.25, 0.3) is 5.91 Å². The first-order chi connectivity index (χ1) is 10.8. The minimum Gasteiger partial charge on any atom is -0.459 e. The minimum atomic E-state index is -0.546. The fourth-order valence-corrected chi connectivity index (χ4v) is 2.91. The molecule has 0 radical (unpaired) electrons. The normalized spacial score (nSPS) is 23.8. The highest BCUT2D eigenvalue weighted by Gasteiger charge is 2.35. The first-order valence-electron chi connectivity index (χ1n) is 8.16. The van der Waals surface area contributed by atoms with Gasteiger partial charge in [0.05, 0.1) is 6.26 Å². The summed E-state index contributed by atoms with van der Waals surface area (Å²) in [6.45, 7) is 9.46. The Bertz CT molecular complexity index is 529. The number of hydrogen-bond donors (Lipinski definition) is 1. The highest BCUT2D eigenvalue weighted by molar-refractivity contribution is 5.95. The van der Waals surface area contributed by atoms with Crippen LogP contribution in [0, 0.1) is 5.92 Å². The molecule has 0 aliphatic carbocycles. The van der Waals surface area contributed by atoms with Crippen molar-refractivity contribution in [3.63, 3.8) is 0 Å². The van der Waals surface area contributed by atoms with Gasteiger partial charge in [-0.2, -0.15) is 0 Å². The summed E-state index contributed by atoms with van der Waals surface area (Å²) in [6, 6.07) is 3.31. The van der Waals surface area contributed by atoms with Crippen molar-refractivity contribution in [3.8, 4) is 0 Å². The van der Waals surface area contributed by atoms with Crippen LogP contribution in [0.25, 0.3) is 0 Å². The van der Waals surface area contributed by atoms with Crippen LogP contribution in [0.5, 0.6) is 0 Å². The Morgan fingerprint density at radius 2 is 1.87 bits per heavy atom. The molecule has 6 nitrogen and oxygen atoms in total. The molecule has 3 atom stereocenters. The lowest BCUT2D eigenvalue weighted by Gasteiger charge is -2.43. The summed E-state index contributed by atoms with van der Waals surface area (Å²) in [5.41, 5.74) is 0. The molecule has 2 amide bonds. The number of likely N-dealkylation sites (N-methyl/N-ethyl adjacent to an activating group) is 1. The molecule has 2 rings (SSSR count). The van der Waals surface area contributed by atoms with Gasteiger partial charge in [0.1, 0.15) is 6.04 Å². The van der Waals surface area contributed by atoms with E-state index in [1.807, 2.05) is 18.7 Å². The van der Waals surface area contributed by atoms with E-state index in [9.17, 15) is 9.59 Å². The number of nitrogens with one attached hydrogen (secondary N) is 1. The Labute approximate surface area is 137 Å². The highest BCUT2D eigenvalue weighted by Crippen LogP contribution is 2.16. The van der Waals surface area contributed by atoms with Gasteiger partial charge in [0, 0.05) is 25.2 Å². The molecule has 1 aliphatic heterocycles. The van der Waals surface area contributed by atoms with Crippen molar-refractivity contribution in [2.45, 2.75) is 45.8 Å². The van der Waals surface area contributed by atoms with E-state index in [2.05, 4.69) is 31.1 Å². The molecule has 1 aromatic heterocycles. The SMILES string of the molecule is CC(C)[C@H](NC(=O)c1ccco1)C(=O)N1C[C@@H](C)N(C)[C@H](C)C1. The number of furan rings is 1. The van der Waals surface area contributed by atoms with Crippen LogP contribution in [0.2, 0.25) is 0 Å². The summed E-state index contributed by atoms with van der Waals surface area (Å²) < 4.78 is 5.11. The minimum absolute atomic E-state index is 0.00619. The molecule has 0 unspecified atom stereocenters. The quantitative estimate of drug-likeness (QED) is 0.914. The number of carbonyl (C=O) groups excluding carboxylic acids is 2. The number of nitrogens with zero attached hydrogens (tertiary/aromatic N) is 2. The second-order valence-corrected chi connectivity index (χ2v) is 6.78. The Kier molecular flexibility index (Phi) is 5.46. The van der Waals surface area contributed by atoms with Crippen LogP contribution in [0.15, 0.2) is 22.8 Å². The van der Waals surface area contributed by atoms with Gasteiger partial charge in [-0.25, -0.2) is 0 Å². The second kappa shape index (κ2) is 7.17. The topological polar surface area (TPSA) is 65.8 Å². The van der Waals surface area contributed by atoms with Crippen LogP contribution < -0.4 is 5.32 Å². The highest BCUT2D eigenvalue weighted by atomic mass is 16.3. The largest absolute Gasteiger partial charge is 0.459 e.